The second-order valence-electron chi connectivity index (χ2n) is 9.54. The van der Waals surface area contributed by atoms with E-state index in [0.717, 1.165) is 44.4 Å². The highest BCUT2D eigenvalue weighted by Crippen LogP contribution is 2.30. The topological polar surface area (TPSA) is 95.7 Å². The third-order valence-corrected chi connectivity index (χ3v) is 6.88. The van der Waals surface area contributed by atoms with Crippen LogP contribution < -0.4 is 0 Å². The summed E-state index contributed by atoms with van der Waals surface area (Å²) >= 11 is 0. The Balaban J connectivity index is 1.40. The molecule has 39 heavy (non-hydrogen) atoms. The standard InChI is InChI=1S/C31H37N3O5/c1-4-39-31(36)28(19-25-11-10-22(2)26(18-25)20-35)27-12-13-29-30(23(27)3)32-33-34(29)14-15-37-16-17-38-21-24-8-6-5-7-9-24/h5-13,18,28,35H,4,14-17,19-21H2,1-3H3. The quantitative estimate of drug-likeness (QED) is 0.187. The van der Waals surface area contributed by atoms with E-state index >= 15 is 0 Å². The zero-order chi connectivity index (χ0) is 27.6. The fraction of sp³-hybridized carbons (Fsp3) is 0.387. The van der Waals surface area contributed by atoms with Gasteiger partial charge in [-0.3, -0.25) is 4.79 Å². The molecule has 0 saturated carbocycles. The number of esters is 1. The van der Waals surface area contributed by atoms with Crippen LogP contribution >= 0.6 is 0 Å². The van der Waals surface area contributed by atoms with E-state index in [1.54, 1.807) is 0 Å². The SMILES string of the molecule is CCOC(=O)C(Cc1ccc(C)c(CO)c1)c1ccc2c(nnn2CCOCCOCc2ccccc2)c1C. The van der Waals surface area contributed by atoms with E-state index in [-0.39, 0.29) is 12.6 Å². The first kappa shape index (κ1) is 28.4. The molecule has 8 heteroatoms. The number of aryl methyl sites for hydroxylation is 2. The minimum Gasteiger partial charge on any atom is -0.466 e. The smallest absolute Gasteiger partial charge is 0.313 e. The molecule has 1 atom stereocenters. The average molecular weight is 532 g/mol. The van der Waals surface area contributed by atoms with Gasteiger partial charge < -0.3 is 19.3 Å². The van der Waals surface area contributed by atoms with Gasteiger partial charge in [0, 0.05) is 0 Å². The third kappa shape index (κ3) is 7.29. The highest BCUT2D eigenvalue weighted by atomic mass is 16.5. The molecule has 0 spiro atoms. The summed E-state index contributed by atoms with van der Waals surface area (Å²) in [4.78, 5) is 13.1. The Bertz CT molecular complexity index is 1370. The molecule has 4 rings (SSSR count). The molecule has 0 radical (unpaired) electrons. The van der Waals surface area contributed by atoms with Crippen molar-refractivity contribution in [2.24, 2.45) is 0 Å². The van der Waals surface area contributed by atoms with Gasteiger partial charge >= 0.3 is 5.97 Å². The minimum absolute atomic E-state index is 0.0394. The molecule has 0 aliphatic heterocycles. The van der Waals surface area contributed by atoms with Crippen molar-refractivity contribution in [3.63, 3.8) is 0 Å². The van der Waals surface area contributed by atoms with Crippen molar-refractivity contribution in [2.45, 2.75) is 52.9 Å². The van der Waals surface area contributed by atoms with Gasteiger partial charge in [-0.25, -0.2) is 4.68 Å². The lowest BCUT2D eigenvalue weighted by molar-refractivity contribution is -0.144. The monoisotopic (exact) mass is 531 g/mol. The van der Waals surface area contributed by atoms with Gasteiger partial charge in [0.2, 0.25) is 0 Å². The van der Waals surface area contributed by atoms with Crippen molar-refractivity contribution in [3.8, 4) is 0 Å². The summed E-state index contributed by atoms with van der Waals surface area (Å²) in [6.45, 7) is 8.64. The molecule has 1 N–H and O–H groups in total. The lowest BCUT2D eigenvalue weighted by Gasteiger charge is -2.19. The number of ether oxygens (including phenoxy) is 3. The molecule has 0 amide bonds. The van der Waals surface area contributed by atoms with Crippen LogP contribution in [0.2, 0.25) is 0 Å². The van der Waals surface area contributed by atoms with E-state index in [1.165, 1.54) is 0 Å². The van der Waals surface area contributed by atoms with Gasteiger partial charge in [-0.15, -0.1) is 5.10 Å². The van der Waals surface area contributed by atoms with Gasteiger partial charge in [0.25, 0.3) is 0 Å². The van der Waals surface area contributed by atoms with Gasteiger partial charge in [0.05, 0.1) is 57.6 Å². The van der Waals surface area contributed by atoms with Crippen LogP contribution in [0.3, 0.4) is 0 Å². The van der Waals surface area contributed by atoms with Crippen LogP contribution in [0.4, 0.5) is 0 Å². The molecule has 0 bridgehead atoms. The van der Waals surface area contributed by atoms with Crippen LogP contribution in [0.15, 0.2) is 60.7 Å². The van der Waals surface area contributed by atoms with Crippen molar-refractivity contribution in [2.75, 3.05) is 26.4 Å². The number of hydrogen-bond donors (Lipinski definition) is 1. The van der Waals surface area contributed by atoms with Gasteiger partial charge in [-0.1, -0.05) is 59.8 Å². The Labute approximate surface area is 229 Å². The number of nitrogens with zero attached hydrogens (tertiary/aromatic N) is 3. The Morgan fingerprint density at radius 1 is 0.974 bits per heavy atom. The zero-order valence-electron chi connectivity index (χ0n) is 22.9. The lowest BCUT2D eigenvalue weighted by atomic mass is 9.87. The number of hydrogen-bond acceptors (Lipinski definition) is 7. The predicted octanol–water partition coefficient (Wildman–Crippen LogP) is 4.66. The summed E-state index contributed by atoms with van der Waals surface area (Å²) in [5, 5.41) is 18.4. The molecule has 4 aromatic rings. The zero-order valence-corrected chi connectivity index (χ0v) is 22.9. The number of fused-ring (bicyclic) bond motifs is 1. The number of benzene rings is 3. The highest BCUT2D eigenvalue weighted by Gasteiger charge is 2.26. The average Bonchev–Trinajstić information content (AvgIpc) is 3.37. The largest absolute Gasteiger partial charge is 0.466 e. The first-order valence-corrected chi connectivity index (χ1v) is 13.4. The Morgan fingerprint density at radius 2 is 1.77 bits per heavy atom. The Morgan fingerprint density at radius 3 is 2.54 bits per heavy atom. The maximum absolute atomic E-state index is 13.1. The second-order valence-corrected chi connectivity index (χ2v) is 9.54. The van der Waals surface area contributed by atoms with E-state index in [4.69, 9.17) is 14.2 Å². The van der Waals surface area contributed by atoms with Gasteiger partial charge in [0.15, 0.2) is 0 Å². The van der Waals surface area contributed by atoms with Crippen molar-refractivity contribution in [3.05, 3.63) is 94.0 Å². The number of aliphatic hydroxyl groups excluding tert-OH is 1. The molecular weight excluding hydrogens is 494 g/mol. The fourth-order valence-corrected chi connectivity index (χ4v) is 4.68. The van der Waals surface area contributed by atoms with Crippen LogP contribution in [-0.2, 0) is 45.2 Å². The minimum atomic E-state index is -0.493. The van der Waals surface area contributed by atoms with E-state index in [9.17, 15) is 9.90 Å². The summed E-state index contributed by atoms with van der Waals surface area (Å²) in [6.07, 6.45) is 0.465. The van der Waals surface area contributed by atoms with Crippen molar-refractivity contribution >= 4 is 17.0 Å². The normalized spacial score (nSPS) is 12.1. The van der Waals surface area contributed by atoms with E-state index in [0.29, 0.717) is 46.0 Å². The van der Waals surface area contributed by atoms with Gasteiger partial charge in [-0.05, 0) is 66.6 Å². The van der Waals surface area contributed by atoms with Crippen LogP contribution in [0.1, 0.15) is 46.2 Å². The molecule has 0 aliphatic rings. The van der Waals surface area contributed by atoms with Crippen LogP contribution in [0, 0.1) is 13.8 Å². The van der Waals surface area contributed by atoms with Crippen molar-refractivity contribution in [1.82, 2.24) is 15.0 Å². The predicted molar refractivity (Wildman–Crippen MR) is 149 cm³/mol. The van der Waals surface area contributed by atoms with Crippen LogP contribution in [0.5, 0.6) is 0 Å². The van der Waals surface area contributed by atoms with Crippen LogP contribution in [0.25, 0.3) is 11.0 Å². The lowest BCUT2D eigenvalue weighted by Crippen LogP contribution is -2.19. The van der Waals surface area contributed by atoms with E-state index in [2.05, 4.69) is 10.3 Å². The molecule has 1 aromatic heterocycles. The number of rotatable bonds is 14. The fourth-order valence-electron chi connectivity index (χ4n) is 4.68. The Hall–Kier alpha value is -3.59. The molecule has 8 nitrogen and oxygen atoms in total. The number of carbonyl (C=O) groups excluding carboxylic acids is 1. The van der Waals surface area contributed by atoms with Gasteiger partial charge in [0.1, 0.15) is 5.52 Å². The number of aromatic nitrogens is 3. The molecular formula is C31H37N3O5. The Kier molecular flexibility index (Phi) is 10.2. The molecule has 0 fully saturated rings. The summed E-state index contributed by atoms with van der Waals surface area (Å²) in [7, 11) is 0. The maximum Gasteiger partial charge on any atom is 0.313 e. The maximum atomic E-state index is 13.1. The molecule has 1 heterocycles. The van der Waals surface area contributed by atoms with E-state index in [1.807, 2.05) is 86.1 Å². The number of carbonyl (C=O) groups is 1. The first-order chi connectivity index (χ1) is 19.0. The highest BCUT2D eigenvalue weighted by molar-refractivity contribution is 5.85. The van der Waals surface area contributed by atoms with Gasteiger partial charge in [-0.2, -0.15) is 0 Å². The molecule has 1 unspecified atom stereocenters. The number of aliphatic hydroxyl groups is 1. The second kappa shape index (κ2) is 14.0. The molecule has 3 aromatic carbocycles. The van der Waals surface area contributed by atoms with Crippen molar-refractivity contribution < 1.29 is 24.1 Å². The van der Waals surface area contributed by atoms with Crippen molar-refractivity contribution in [1.29, 1.82) is 0 Å². The van der Waals surface area contributed by atoms with Crippen LogP contribution in [-0.4, -0.2) is 52.5 Å². The summed E-state index contributed by atoms with van der Waals surface area (Å²) in [6, 6.07) is 19.9. The molecule has 0 saturated heterocycles. The molecule has 0 aliphatic carbocycles. The molecule has 206 valence electrons. The summed E-state index contributed by atoms with van der Waals surface area (Å²) in [5.41, 5.74) is 7.40. The first-order valence-electron chi connectivity index (χ1n) is 13.4. The van der Waals surface area contributed by atoms with E-state index < -0.39 is 5.92 Å². The summed E-state index contributed by atoms with van der Waals surface area (Å²) < 4.78 is 18.7. The summed E-state index contributed by atoms with van der Waals surface area (Å²) in [5.74, 6) is -0.769. The third-order valence-electron chi connectivity index (χ3n) is 6.88.